The third-order valence-electron chi connectivity index (χ3n) is 4.28. The van der Waals surface area contributed by atoms with Crippen LogP contribution >= 0.6 is 47.6 Å². The van der Waals surface area contributed by atoms with Gasteiger partial charge >= 0.3 is 0 Å². The normalized spacial score (nSPS) is 13.9. The van der Waals surface area contributed by atoms with Crippen LogP contribution in [-0.4, -0.2) is 9.98 Å². The quantitative estimate of drug-likeness (QED) is 0.509. The molecular formula is C19H18Cl2N2OS2. The first-order valence-corrected chi connectivity index (χ1v) is 9.58. The predicted octanol–water partition coefficient (Wildman–Crippen LogP) is 6.94. The molecule has 7 heteroatoms. The van der Waals surface area contributed by atoms with Crippen LogP contribution in [0.25, 0.3) is 0 Å². The second-order valence-corrected chi connectivity index (χ2v) is 8.85. The smallest absolute Gasteiger partial charge is 0.155 e. The number of rotatable bonds is 2. The van der Waals surface area contributed by atoms with Gasteiger partial charge in [0.2, 0.25) is 0 Å². The Labute approximate surface area is 174 Å². The summed E-state index contributed by atoms with van der Waals surface area (Å²) in [4.78, 5) is 1.26. The van der Waals surface area contributed by atoms with Crippen LogP contribution in [0.2, 0.25) is 10.0 Å². The minimum Gasteiger partial charge on any atom is -0.452 e. The van der Waals surface area contributed by atoms with Gasteiger partial charge in [0.15, 0.2) is 11.5 Å². The number of hydrogen-bond acceptors (Lipinski definition) is 3. The van der Waals surface area contributed by atoms with E-state index in [2.05, 4.69) is 24.5 Å². The molecular weight excluding hydrogens is 407 g/mol. The van der Waals surface area contributed by atoms with Gasteiger partial charge in [0.05, 0.1) is 21.4 Å². The van der Waals surface area contributed by atoms with Crippen molar-refractivity contribution in [3.63, 3.8) is 0 Å². The molecule has 0 saturated carbocycles. The van der Waals surface area contributed by atoms with E-state index in [0.717, 1.165) is 22.5 Å². The molecule has 26 heavy (non-hydrogen) atoms. The van der Waals surface area contributed by atoms with E-state index in [1.54, 1.807) is 0 Å². The second-order valence-electron chi connectivity index (χ2n) is 6.75. The first-order chi connectivity index (χ1) is 12.1. The van der Waals surface area contributed by atoms with Crippen molar-refractivity contribution in [1.82, 2.24) is 0 Å². The topological polar surface area (TPSA) is 33.3 Å². The van der Waals surface area contributed by atoms with Crippen molar-refractivity contribution in [2.45, 2.75) is 33.1 Å². The Hall–Kier alpha value is -1.40. The number of nitrogens with one attached hydrogen (secondary N) is 2. The van der Waals surface area contributed by atoms with E-state index in [4.69, 9.17) is 52.4 Å². The first kappa shape index (κ1) is 19.4. The standard InChI is InChI=1S/C19H18Cl2N2OS2/c1-9(25)22-15-7-11(20)5-13-17(15)24-18-14(19(13,3)4)6-12(21)8-16(18)23-10(2)26/h5-8H,1-4H3,(H,22,25)(H,23,26). The van der Waals surface area contributed by atoms with Crippen LogP contribution in [0.5, 0.6) is 11.5 Å². The molecule has 3 rings (SSSR count). The zero-order valence-electron chi connectivity index (χ0n) is 14.8. The third kappa shape index (κ3) is 3.54. The zero-order valence-corrected chi connectivity index (χ0v) is 17.9. The summed E-state index contributed by atoms with van der Waals surface area (Å²) in [5.41, 5.74) is 3.01. The number of thiocarbonyl (C=S) groups is 2. The summed E-state index contributed by atoms with van der Waals surface area (Å²) < 4.78 is 6.33. The van der Waals surface area contributed by atoms with Gasteiger partial charge in [-0.05, 0) is 38.1 Å². The summed E-state index contributed by atoms with van der Waals surface area (Å²) in [6.07, 6.45) is 0. The van der Waals surface area contributed by atoms with Gasteiger partial charge in [-0.15, -0.1) is 0 Å². The lowest BCUT2D eigenvalue weighted by Gasteiger charge is -2.36. The second kappa shape index (κ2) is 6.97. The molecule has 2 N–H and O–H groups in total. The minimum atomic E-state index is -0.379. The highest BCUT2D eigenvalue weighted by Gasteiger charge is 2.37. The van der Waals surface area contributed by atoms with Crippen LogP contribution < -0.4 is 15.4 Å². The molecule has 0 bridgehead atoms. The van der Waals surface area contributed by atoms with Crippen LogP contribution in [0.1, 0.15) is 38.8 Å². The average Bonchev–Trinajstić information content (AvgIpc) is 2.48. The Morgan fingerprint density at radius 1 is 0.846 bits per heavy atom. The Morgan fingerprint density at radius 3 is 1.58 bits per heavy atom. The van der Waals surface area contributed by atoms with Gasteiger partial charge in [0.1, 0.15) is 0 Å². The highest BCUT2D eigenvalue weighted by atomic mass is 35.5. The summed E-state index contributed by atoms with van der Waals surface area (Å²) in [5.74, 6) is 1.40. The van der Waals surface area contributed by atoms with Gasteiger partial charge < -0.3 is 15.4 Å². The maximum atomic E-state index is 6.36. The number of hydrogen-bond donors (Lipinski definition) is 2. The number of halogens is 2. The van der Waals surface area contributed by atoms with E-state index in [1.165, 1.54) is 0 Å². The van der Waals surface area contributed by atoms with Gasteiger partial charge in [-0.25, -0.2) is 0 Å². The van der Waals surface area contributed by atoms with E-state index in [0.29, 0.717) is 31.5 Å². The first-order valence-electron chi connectivity index (χ1n) is 8.00. The van der Waals surface area contributed by atoms with Crippen molar-refractivity contribution in [3.8, 4) is 11.5 Å². The molecule has 1 aliphatic rings. The molecule has 0 saturated heterocycles. The van der Waals surface area contributed by atoms with Gasteiger partial charge in [-0.2, -0.15) is 0 Å². The molecule has 2 aromatic carbocycles. The van der Waals surface area contributed by atoms with Crippen molar-refractivity contribution >= 4 is 69.0 Å². The van der Waals surface area contributed by atoms with Gasteiger partial charge in [0, 0.05) is 26.6 Å². The molecule has 0 spiro atoms. The van der Waals surface area contributed by atoms with Crippen LogP contribution in [-0.2, 0) is 5.41 Å². The van der Waals surface area contributed by atoms with E-state index in [9.17, 15) is 0 Å². The maximum absolute atomic E-state index is 6.36. The molecule has 136 valence electrons. The Balaban J connectivity index is 2.27. The highest BCUT2D eigenvalue weighted by molar-refractivity contribution is 7.80. The molecule has 0 amide bonds. The molecule has 0 unspecified atom stereocenters. The van der Waals surface area contributed by atoms with Gasteiger partial charge in [-0.3, -0.25) is 0 Å². The van der Waals surface area contributed by atoms with Gasteiger partial charge in [-0.1, -0.05) is 61.5 Å². The molecule has 1 heterocycles. The highest BCUT2D eigenvalue weighted by Crippen LogP contribution is 2.54. The lowest BCUT2D eigenvalue weighted by Crippen LogP contribution is -2.26. The van der Waals surface area contributed by atoms with Crippen LogP contribution in [0, 0.1) is 0 Å². The summed E-state index contributed by atoms with van der Waals surface area (Å²) >= 11 is 23.1. The largest absolute Gasteiger partial charge is 0.452 e. The maximum Gasteiger partial charge on any atom is 0.155 e. The number of ether oxygens (including phenoxy) is 1. The van der Waals surface area contributed by atoms with Crippen molar-refractivity contribution in [1.29, 1.82) is 0 Å². The fraction of sp³-hybridized carbons (Fsp3) is 0.263. The summed E-state index contributed by atoms with van der Waals surface area (Å²) in [6, 6.07) is 7.46. The van der Waals surface area contributed by atoms with E-state index < -0.39 is 0 Å². The molecule has 3 nitrogen and oxygen atoms in total. The molecule has 0 atom stereocenters. The minimum absolute atomic E-state index is 0.379. The zero-order chi connectivity index (χ0) is 19.2. The number of anilines is 2. The van der Waals surface area contributed by atoms with E-state index >= 15 is 0 Å². The van der Waals surface area contributed by atoms with Crippen LogP contribution in [0.3, 0.4) is 0 Å². The summed E-state index contributed by atoms with van der Waals surface area (Å²) in [5, 5.41) is 7.55. The lowest BCUT2D eigenvalue weighted by atomic mass is 9.75. The molecule has 0 aromatic heterocycles. The molecule has 0 fully saturated rings. The Bertz CT molecular complexity index is 868. The average molecular weight is 425 g/mol. The summed E-state index contributed by atoms with van der Waals surface area (Å²) in [7, 11) is 0. The van der Waals surface area contributed by atoms with Crippen LogP contribution in [0.15, 0.2) is 24.3 Å². The fourth-order valence-electron chi connectivity index (χ4n) is 3.15. The fourth-order valence-corrected chi connectivity index (χ4v) is 3.80. The summed E-state index contributed by atoms with van der Waals surface area (Å²) in [6.45, 7) is 7.85. The van der Waals surface area contributed by atoms with E-state index in [-0.39, 0.29) is 5.41 Å². The Morgan fingerprint density at radius 2 is 1.23 bits per heavy atom. The number of benzene rings is 2. The lowest BCUT2D eigenvalue weighted by molar-refractivity contribution is 0.422. The van der Waals surface area contributed by atoms with Crippen molar-refractivity contribution in [2.75, 3.05) is 10.6 Å². The third-order valence-corrected chi connectivity index (χ3v) is 4.92. The monoisotopic (exact) mass is 424 g/mol. The molecule has 2 aromatic rings. The van der Waals surface area contributed by atoms with Crippen molar-refractivity contribution in [2.24, 2.45) is 0 Å². The predicted molar refractivity (Wildman–Crippen MR) is 119 cm³/mol. The Kier molecular flexibility index (Phi) is 5.19. The number of fused-ring (bicyclic) bond motifs is 2. The van der Waals surface area contributed by atoms with E-state index in [1.807, 2.05) is 38.1 Å². The van der Waals surface area contributed by atoms with Gasteiger partial charge in [0.25, 0.3) is 0 Å². The SMILES string of the molecule is CC(=S)Nc1cc(Cl)cc2c1Oc1c(NC(C)=S)cc(Cl)cc1C2(C)C. The van der Waals surface area contributed by atoms with Crippen molar-refractivity contribution in [3.05, 3.63) is 45.4 Å². The van der Waals surface area contributed by atoms with Crippen molar-refractivity contribution < 1.29 is 4.74 Å². The molecule has 0 radical (unpaired) electrons. The molecule has 0 aliphatic carbocycles. The van der Waals surface area contributed by atoms with Crippen LogP contribution in [0.4, 0.5) is 11.4 Å². The molecule has 1 aliphatic heterocycles.